The van der Waals surface area contributed by atoms with Gasteiger partial charge in [0.1, 0.15) is 11.1 Å². The molecule has 0 unspecified atom stereocenters. The number of fused-ring (bicyclic) bond motifs is 1. The van der Waals surface area contributed by atoms with Gasteiger partial charge in [-0.3, -0.25) is 0 Å². The normalized spacial score (nSPS) is 10.8. The van der Waals surface area contributed by atoms with Crippen molar-refractivity contribution in [3.8, 4) is 11.5 Å². The summed E-state index contributed by atoms with van der Waals surface area (Å²) in [5.74, 6) is 0.0797. The number of esters is 1. The van der Waals surface area contributed by atoms with Crippen molar-refractivity contribution in [2.75, 3.05) is 7.11 Å². The predicted octanol–water partition coefficient (Wildman–Crippen LogP) is 3.90. The van der Waals surface area contributed by atoms with Crippen molar-refractivity contribution in [1.29, 1.82) is 0 Å². The average molecular weight is 281 g/mol. The largest absolute Gasteiger partial charge is 0.465 e. The fraction of sp³-hybridized carbons (Fsp3) is 0.176. The maximum absolute atomic E-state index is 11.8. The second-order valence-corrected chi connectivity index (χ2v) is 4.98. The lowest BCUT2D eigenvalue weighted by Gasteiger charge is -2.00. The van der Waals surface area contributed by atoms with Crippen LogP contribution in [0.2, 0.25) is 0 Å². The fourth-order valence-electron chi connectivity index (χ4n) is 2.22. The summed E-state index contributed by atoms with van der Waals surface area (Å²) >= 11 is 0. The van der Waals surface area contributed by atoms with Crippen LogP contribution >= 0.6 is 0 Å². The molecular formula is C17H15NO3. The minimum atomic E-state index is -0.424. The fourth-order valence-corrected chi connectivity index (χ4v) is 2.22. The number of benzene rings is 2. The highest BCUT2D eigenvalue weighted by Crippen LogP contribution is 2.29. The van der Waals surface area contributed by atoms with E-state index in [9.17, 15) is 4.79 Å². The number of methoxy groups -OCH3 is 1. The molecule has 0 aliphatic carbocycles. The molecule has 3 rings (SSSR count). The summed E-state index contributed by atoms with van der Waals surface area (Å²) in [5, 5.41) is 0. The Kier molecular flexibility index (Phi) is 3.22. The van der Waals surface area contributed by atoms with Crippen molar-refractivity contribution >= 4 is 17.1 Å². The van der Waals surface area contributed by atoms with Crippen LogP contribution in [0.3, 0.4) is 0 Å². The minimum Gasteiger partial charge on any atom is -0.465 e. The number of carbonyl (C=O) groups excluding carboxylic acids is 1. The van der Waals surface area contributed by atoms with E-state index in [0.29, 0.717) is 22.6 Å². The molecular weight excluding hydrogens is 266 g/mol. The van der Waals surface area contributed by atoms with Gasteiger partial charge in [0.25, 0.3) is 0 Å². The summed E-state index contributed by atoms with van der Waals surface area (Å²) in [6.07, 6.45) is 0. The summed E-state index contributed by atoms with van der Waals surface area (Å²) in [7, 11) is 1.35. The van der Waals surface area contributed by atoms with Gasteiger partial charge >= 0.3 is 5.97 Å². The molecule has 0 amide bonds. The van der Waals surface area contributed by atoms with Crippen molar-refractivity contribution in [2.45, 2.75) is 13.8 Å². The van der Waals surface area contributed by atoms with Crippen LogP contribution in [-0.4, -0.2) is 18.1 Å². The first-order valence-corrected chi connectivity index (χ1v) is 6.65. The number of carbonyl (C=O) groups is 1. The molecule has 0 bridgehead atoms. The van der Waals surface area contributed by atoms with Crippen LogP contribution in [0.25, 0.3) is 22.6 Å². The summed E-state index contributed by atoms with van der Waals surface area (Å²) < 4.78 is 10.6. The van der Waals surface area contributed by atoms with Crippen LogP contribution in [0.1, 0.15) is 21.5 Å². The first-order chi connectivity index (χ1) is 10.1. The molecule has 0 saturated carbocycles. The van der Waals surface area contributed by atoms with Crippen LogP contribution in [0, 0.1) is 13.8 Å². The van der Waals surface area contributed by atoms with E-state index in [1.54, 1.807) is 6.07 Å². The number of aromatic nitrogens is 1. The van der Waals surface area contributed by atoms with E-state index in [0.717, 1.165) is 11.1 Å². The molecule has 0 N–H and O–H groups in total. The molecule has 0 fully saturated rings. The van der Waals surface area contributed by atoms with E-state index < -0.39 is 5.97 Å². The Morgan fingerprint density at radius 1 is 1.10 bits per heavy atom. The van der Waals surface area contributed by atoms with Gasteiger partial charge in [0, 0.05) is 5.56 Å². The molecule has 0 saturated heterocycles. The highest BCUT2D eigenvalue weighted by atomic mass is 16.5. The number of ether oxygens (including phenoxy) is 1. The molecule has 0 atom stereocenters. The highest BCUT2D eigenvalue weighted by Gasteiger charge is 2.18. The Labute approximate surface area is 122 Å². The van der Waals surface area contributed by atoms with Crippen LogP contribution in [-0.2, 0) is 4.74 Å². The van der Waals surface area contributed by atoms with Crippen molar-refractivity contribution < 1.29 is 13.9 Å². The number of aryl methyl sites for hydroxylation is 2. The first kappa shape index (κ1) is 13.4. The van der Waals surface area contributed by atoms with E-state index in [4.69, 9.17) is 9.15 Å². The van der Waals surface area contributed by atoms with E-state index in [1.807, 2.05) is 44.2 Å². The van der Waals surface area contributed by atoms with Gasteiger partial charge in [0.15, 0.2) is 5.58 Å². The zero-order valence-electron chi connectivity index (χ0n) is 12.1. The smallest absolute Gasteiger partial charge is 0.341 e. The molecule has 4 heteroatoms. The lowest BCUT2D eigenvalue weighted by molar-refractivity contribution is 0.0602. The zero-order chi connectivity index (χ0) is 15.0. The molecule has 3 aromatic rings. The van der Waals surface area contributed by atoms with Crippen LogP contribution in [0.15, 0.2) is 40.8 Å². The van der Waals surface area contributed by atoms with Gasteiger partial charge in [-0.1, -0.05) is 23.8 Å². The van der Waals surface area contributed by atoms with E-state index in [2.05, 4.69) is 4.98 Å². The van der Waals surface area contributed by atoms with Gasteiger partial charge in [-0.25, -0.2) is 9.78 Å². The lowest BCUT2D eigenvalue weighted by atomic mass is 10.1. The number of oxazole rings is 1. The molecule has 106 valence electrons. The van der Waals surface area contributed by atoms with Gasteiger partial charge < -0.3 is 9.15 Å². The predicted molar refractivity (Wildman–Crippen MR) is 80.3 cm³/mol. The minimum absolute atomic E-state index is 0.393. The van der Waals surface area contributed by atoms with Crippen LogP contribution in [0.5, 0.6) is 0 Å². The molecule has 0 spiro atoms. The molecule has 2 aromatic carbocycles. The standard InChI is InChI=1S/C17H15NO3/c1-10-4-7-12(8-5-10)16-18-14-11(2)6-9-13(15(14)21-16)17(19)20-3/h4-9H,1-3H3. The van der Waals surface area contributed by atoms with Crippen molar-refractivity contribution in [1.82, 2.24) is 4.98 Å². The van der Waals surface area contributed by atoms with Crippen molar-refractivity contribution in [3.05, 3.63) is 53.1 Å². The van der Waals surface area contributed by atoms with Gasteiger partial charge in [0.05, 0.1) is 7.11 Å². The third-order valence-electron chi connectivity index (χ3n) is 3.45. The maximum atomic E-state index is 11.8. The molecule has 0 radical (unpaired) electrons. The average Bonchev–Trinajstić information content (AvgIpc) is 2.93. The number of rotatable bonds is 2. The van der Waals surface area contributed by atoms with Gasteiger partial charge in [-0.15, -0.1) is 0 Å². The Morgan fingerprint density at radius 2 is 1.81 bits per heavy atom. The van der Waals surface area contributed by atoms with Crippen molar-refractivity contribution in [2.24, 2.45) is 0 Å². The second kappa shape index (κ2) is 5.05. The molecule has 0 aliphatic heterocycles. The second-order valence-electron chi connectivity index (χ2n) is 4.98. The van der Waals surface area contributed by atoms with Crippen LogP contribution < -0.4 is 0 Å². The van der Waals surface area contributed by atoms with Crippen molar-refractivity contribution in [3.63, 3.8) is 0 Å². The SMILES string of the molecule is COC(=O)c1ccc(C)c2nc(-c3ccc(C)cc3)oc12. The summed E-state index contributed by atoms with van der Waals surface area (Å²) in [6, 6.07) is 11.4. The first-order valence-electron chi connectivity index (χ1n) is 6.65. The molecule has 1 aromatic heterocycles. The van der Waals surface area contributed by atoms with Gasteiger partial charge in [-0.05, 0) is 37.6 Å². The Bertz CT molecular complexity index is 816. The molecule has 21 heavy (non-hydrogen) atoms. The quantitative estimate of drug-likeness (QED) is 0.668. The molecule has 0 aliphatic rings. The van der Waals surface area contributed by atoms with Crippen LogP contribution in [0.4, 0.5) is 0 Å². The third-order valence-corrected chi connectivity index (χ3v) is 3.45. The van der Waals surface area contributed by atoms with E-state index in [-0.39, 0.29) is 0 Å². The summed E-state index contributed by atoms with van der Waals surface area (Å²) in [5.41, 5.74) is 4.56. The van der Waals surface area contributed by atoms with E-state index in [1.165, 1.54) is 12.7 Å². The maximum Gasteiger partial charge on any atom is 0.341 e. The number of hydrogen-bond donors (Lipinski definition) is 0. The lowest BCUT2D eigenvalue weighted by Crippen LogP contribution is -2.01. The Hall–Kier alpha value is -2.62. The highest BCUT2D eigenvalue weighted by molar-refractivity contribution is 6.02. The number of hydrogen-bond acceptors (Lipinski definition) is 4. The molecule has 4 nitrogen and oxygen atoms in total. The zero-order valence-corrected chi connectivity index (χ0v) is 12.1. The summed E-state index contributed by atoms with van der Waals surface area (Å²) in [4.78, 5) is 16.3. The topological polar surface area (TPSA) is 52.3 Å². The monoisotopic (exact) mass is 281 g/mol. The number of nitrogens with zero attached hydrogens (tertiary/aromatic N) is 1. The Morgan fingerprint density at radius 3 is 2.48 bits per heavy atom. The van der Waals surface area contributed by atoms with Gasteiger partial charge in [0.2, 0.25) is 5.89 Å². The Balaban J connectivity index is 2.21. The third kappa shape index (κ3) is 2.29. The summed E-state index contributed by atoms with van der Waals surface area (Å²) in [6.45, 7) is 3.96. The van der Waals surface area contributed by atoms with Gasteiger partial charge in [-0.2, -0.15) is 0 Å². The van der Waals surface area contributed by atoms with E-state index >= 15 is 0 Å². The molecule has 1 heterocycles.